The zero-order chi connectivity index (χ0) is 13.4. The number of hydrogen-bond acceptors (Lipinski definition) is 4. The van der Waals surface area contributed by atoms with Crippen LogP contribution in [0, 0.1) is 16.0 Å². The molecule has 0 radical (unpaired) electrons. The van der Waals surface area contributed by atoms with Crippen molar-refractivity contribution in [1.82, 2.24) is 0 Å². The molecule has 0 N–H and O–H groups in total. The number of nitrogens with zero attached hydrogens (tertiary/aromatic N) is 1. The highest BCUT2D eigenvalue weighted by Crippen LogP contribution is 2.14. The first-order chi connectivity index (χ1) is 8.61. The van der Waals surface area contributed by atoms with Crippen molar-refractivity contribution in [2.45, 2.75) is 19.3 Å². The molecule has 5 heteroatoms. The van der Waals surface area contributed by atoms with Crippen molar-refractivity contribution in [3.8, 4) is 0 Å². The van der Waals surface area contributed by atoms with Gasteiger partial charge in [0, 0.05) is 10.8 Å². The lowest BCUT2D eigenvalue weighted by Crippen LogP contribution is -2.19. The van der Waals surface area contributed by atoms with Gasteiger partial charge in [-0.2, -0.15) is 0 Å². The van der Waals surface area contributed by atoms with Gasteiger partial charge in [-0.3, -0.25) is 14.9 Å². The Kier molecular flexibility index (Phi) is 5.84. The van der Waals surface area contributed by atoms with Crippen LogP contribution in [-0.4, -0.2) is 24.5 Å². The maximum Gasteiger partial charge on any atom is 0.306 e. The molecule has 0 heterocycles. The largest absolute Gasteiger partial charge is 0.469 e. The van der Waals surface area contributed by atoms with Crippen molar-refractivity contribution in [3.05, 3.63) is 46.0 Å². The first-order valence-corrected chi connectivity index (χ1v) is 5.84. The van der Waals surface area contributed by atoms with E-state index in [1.807, 2.05) is 30.3 Å². The average Bonchev–Trinajstić information content (AvgIpc) is 2.36. The number of benzene rings is 1. The zero-order valence-corrected chi connectivity index (χ0v) is 10.4. The summed E-state index contributed by atoms with van der Waals surface area (Å²) < 4.78 is 4.55. The Morgan fingerprint density at radius 1 is 1.39 bits per heavy atom. The molecule has 0 amide bonds. The van der Waals surface area contributed by atoms with Gasteiger partial charge >= 0.3 is 5.97 Å². The molecule has 0 aliphatic rings. The van der Waals surface area contributed by atoms with Gasteiger partial charge in [-0.25, -0.2) is 0 Å². The lowest BCUT2D eigenvalue weighted by atomic mass is 9.96. The van der Waals surface area contributed by atoms with E-state index >= 15 is 0 Å². The summed E-state index contributed by atoms with van der Waals surface area (Å²) in [4.78, 5) is 21.3. The van der Waals surface area contributed by atoms with Crippen molar-refractivity contribution in [2.24, 2.45) is 5.92 Å². The van der Waals surface area contributed by atoms with E-state index in [9.17, 15) is 14.9 Å². The van der Waals surface area contributed by atoms with E-state index in [1.54, 1.807) is 0 Å². The Labute approximate surface area is 106 Å². The molecule has 0 aliphatic heterocycles. The Hall–Kier alpha value is -1.91. The van der Waals surface area contributed by atoms with Crippen LogP contribution in [0.5, 0.6) is 0 Å². The van der Waals surface area contributed by atoms with Gasteiger partial charge in [0.25, 0.3) is 0 Å². The Bertz CT molecular complexity index is 391. The summed E-state index contributed by atoms with van der Waals surface area (Å²) in [5, 5.41) is 10.5. The molecule has 0 aromatic heterocycles. The summed E-state index contributed by atoms with van der Waals surface area (Å²) in [6, 6.07) is 9.73. The average molecular weight is 251 g/mol. The molecular weight excluding hydrogens is 234 g/mol. The van der Waals surface area contributed by atoms with E-state index in [2.05, 4.69) is 4.74 Å². The van der Waals surface area contributed by atoms with Crippen molar-refractivity contribution in [1.29, 1.82) is 0 Å². The summed E-state index contributed by atoms with van der Waals surface area (Å²) in [6.45, 7) is -0.193. The first kappa shape index (κ1) is 14.2. The number of esters is 1. The monoisotopic (exact) mass is 251 g/mol. The van der Waals surface area contributed by atoms with E-state index in [4.69, 9.17) is 0 Å². The number of rotatable bonds is 7. The molecule has 0 fully saturated rings. The Morgan fingerprint density at radius 2 is 2.06 bits per heavy atom. The minimum absolute atomic E-state index is 0.102. The molecular formula is C13H17NO4. The van der Waals surface area contributed by atoms with Crippen LogP contribution in [0.4, 0.5) is 0 Å². The predicted molar refractivity (Wildman–Crippen MR) is 66.7 cm³/mol. The molecule has 0 saturated carbocycles. The smallest absolute Gasteiger partial charge is 0.306 e. The number of carbonyl (C=O) groups is 1. The summed E-state index contributed by atoms with van der Waals surface area (Å²) in [6.07, 6.45) is 1.45. The van der Waals surface area contributed by atoms with Crippen LogP contribution in [0.2, 0.25) is 0 Å². The lowest BCUT2D eigenvalue weighted by Gasteiger charge is -2.11. The standard InChI is InChI=1S/C13H17NO4/c1-18-13(15)9-12(10-14(16)17)8-7-11-5-3-2-4-6-11/h2-6,12H,7-10H2,1H3. The molecule has 0 spiro atoms. The van der Waals surface area contributed by atoms with Gasteiger partial charge in [-0.05, 0) is 18.4 Å². The van der Waals surface area contributed by atoms with E-state index in [0.717, 1.165) is 12.0 Å². The molecule has 18 heavy (non-hydrogen) atoms. The maximum atomic E-state index is 11.2. The van der Waals surface area contributed by atoms with Crippen LogP contribution in [0.1, 0.15) is 18.4 Å². The van der Waals surface area contributed by atoms with Gasteiger partial charge < -0.3 is 4.74 Å². The van der Waals surface area contributed by atoms with E-state index in [-0.39, 0.29) is 23.8 Å². The minimum Gasteiger partial charge on any atom is -0.469 e. The molecule has 98 valence electrons. The zero-order valence-electron chi connectivity index (χ0n) is 10.4. The lowest BCUT2D eigenvalue weighted by molar-refractivity contribution is -0.488. The van der Waals surface area contributed by atoms with Crippen molar-refractivity contribution >= 4 is 5.97 Å². The predicted octanol–water partition coefficient (Wildman–Crippen LogP) is 2.08. The summed E-state index contributed by atoms with van der Waals surface area (Å²) in [7, 11) is 1.29. The van der Waals surface area contributed by atoms with Crippen LogP contribution in [0.3, 0.4) is 0 Å². The Morgan fingerprint density at radius 3 is 2.61 bits per heavy atom. The second-order valence-corrected chi connectivity index (χ2v) is 4.19. The first-order valence-electron chi connectivity index (χ1n) is 5.84. The quantitative estimate of drug-likeness (QED) is 0.422. The molecule has 0 saturated heterocycles. The second kappa shape index (κ2) is 7.42. The van der Waals surface area contributed by atoms with Crippen molar-refractivity contribution in [2.75, 3.05) is 13.7 Å². The van der Waals surface area contributed by atoms with Gasteiger partial charge in [-0.15, -0.1) is 0 Å². The molecule has 1 unspecified atom stereocenters. The van der Waals surface area contributed by atoms with Gasteiger partial charge in [0.2, 0.25) is 6.54 Å². The van der Waals surface area contributed by atoms with Gasteiger partial charge in [0.05, 0.1) is 13.5 Å². The van der Waals surface area contributed by atoms with Gasteiger partial charge in [0.15, 0.2) is 0 Å². The van der Waals surface area contributed by atoms with Crippen LogP contribution in [0.15, 0.2) is 30.3 Å². The molecule has 1 aromatic carbocycles. The third-order valence-corrected chi connectivity index (χ3v) is 2.77. The van der Waals surface area contributed by atoms with Crippen molar-refractivity contribution < 1.29 is 14.5 Å². The van der Waals surface area contributed by atoms with Crippen LogP contribution < -0.4 is 0 Å². The molecule has 1 atom stereocenters. The number of nitro groups is 1. The summed E-state index contributed by atoms with van der Waals surface area (Å²) >= 11 is 0. The summed E-state index contributed by atoms with van der Waals surface area (Å²) in [5.74, 6) is -0.664. The third-order valence-electron chi connectivity index (χ3n) is 2.77. The topological polar surface area (TPSA) is 69.4 Å². The number of carbonyl (C=O) groups excluding carboxylic acids is 1. The van der Waals surface area contributed by atoms with Gasteiger partial charge in [-0.1, -0.05) is 30.3 Å². The highest BCUT2D eigenvalue weighted by Gasteiger charge is 2.19. The highest BCUT2D eigenvalue weighted by molar-refractivity contribution is 5.69. The van der Waals surface area contributed by atoms with Gasteiger partial charge in [0.1, 0.15) is 0 Å². The number of hydrogen-bond donors (Lipinski definition) is 0. The molecule has 1 rings (SSSR count). The summed E-state index contributed by atoms with van der Waals surface area (Å²) in [5.41, 5.74) is 1.12. The fraction of sp³-hybridized carbons (Fsp3) is 0.462. The van der Waals surface area contributed by atoms with Crippen LogP contribution in [-0.2, 0) is 16.0 Å². The fourth-order valence-electron chi connectivity index (χ4n) is 1.80. The number of methoxy groups -OCH3 is 1. The molecule has 5 nitrogen and oxygen atoms in total. The normalized spacial score (nSPS) is 11.8. The SMILES string of the molecule is COC(=O)CC(CCc1ccccc1)C[N+](=O)[O-]. The van der Waals surface area contributed by atoms with E-state index in [1.165, 1.54) is 7.11 Å². The molecule has 0 aliphatic carbocycles. The van der Waals surface area contributed by atoms with E-state index < -0.39 is 5.97 Å². The van der Waals surface area contributed by atoms with Crippen LogP contribution in [0.25, 0.3) is 0 Å². The fourth-order valence-corrected chi connectivity index (χ4v) is 1.80. The second-order valence-electron chi connectivity index (χ2n) is 4.19. The third kappa shape index (κ3) is 5.43. The molecule has 1 aromatic rings. The van der Waals surface area contributed by atoms with E-state index in [0.29, 0.717) is 6.42 Å². The highest BCUT2D eigenvalue weighted by atomic mass is 16.6. The number of ether oxygens (including phenoxy) is 1. The number of aryl methyl sites for hydroxylation is 1. The molecule has 0 bridgehead atoms. The Balaban J connectivity index is 2.50. The van der Waals surface area contributed by atoms with Crippen LogP contribution >= 0.6 is 0 Å². The minimum atomic E-state index is -0.394. The maximum absolute atomic E-state index is 11.2. The van der Waals surface area contributed by atoms with Crippen molar-refractivity contribution in [3.63, 3.8) is 0 Å².